The van der Waals surface area contributed by atoms with Gasteiger partial charge in [0.1, 0.15) is 5.78 Å². The topological polar surface area (TPSA) is 30.0 Å². The fourth-order valence-corrected chi connectivity index (χ4v) is 3.49. The minimum absolute atomic E-state index is 0.316. The minimum Gasteiger partial charge on any atom is -0.299 e. The first-order valence-corrected chi connectivity index (χ1v) is 9.73. The molecule has 0 saturated heterocycles. The molecule has 0 bridgehead atoms. The van der Waals surface area contributed by atoms with Crippen molar-refractivity contribution in [2.45, 2.75) is 51.9 Å². The molecular weight excluding hydrogens is 318 g/mol. The lowest BCUT2D eigenvalue weighted by Gasteiger charge is -2.13. The number of pyridine rings is 1. The number of unbranched alkanes of at least 4 members (excludes halogenated alkanes) is 4. The summed E-state index contributed by atoms with van der Waals surface area (Å²) in [5.74, 6) is 0.316. The van der Waals surface area contributed by atoms with E-state index in [9.17, 15) is 4.79 Å². The SMILES string of the molecule is CCCCCCCC(=O)Cc1cnc2ccccc2c1-c1ccccc1. The Morgan fingerprint density at radius 2 is 1.62 bits per heavy atom. The van der Waals surface area contributed by atoms with Crippen molar-refractivity contribution in [2.24, 2.45) is 0 Å². The normalized spacial score (nSPS) is 11.0. The number of rotatable bonds is 9. The summed E-state index contributed by atoms with van der Waals surface area (Å²) in [6, 6.07) is 18.5. The molecule has 0 fully saturated rings. The summed E-state index contributed by atoms with van der Waals surface area (Å²) in [7, 11) is 0. The Labute approximate surface area is 156 Å². The molecule has 0 unspecified atom stereocenters. The Morgan fingerprint density at radius 1 is 0.885 bits per heavy atom. The molecule has 0 aliphatic carbocycles. The molecule has 0 atom stereocenters. The average molecular weight is 345 g/mol. The number of fused-ring (bicyclic) bond motifs is 1. The van der Waals surface area contributed by atoms with E-state index in [0.717, 1.165) is 40.4 Å². The average Bonchev–Trinajstić information content (AvgIpc) is 2.68. The van der Waals surface area contributed by atoms with E-state index in [1.54, 1.807) is 0 Å². The molecule has 3 rings (SSSR count). The molecule has 2 nitrogen and oxygen atoms in total. The molecule has 2 aromatic carbocycles. The van der Waals surface area contributed by atoms with Crippen molar-refractivity contribution in [3.05, 3.63) is 66.4 Å². The van der Waals surface area contributed by atoms with E-state index in [2.05, 4.69) is 30.1 Å². The van der Waals surface area contributed by atoms with Crippen molar-refractivity contribution in [1.82, 2.24) is 4.98 Å². The number of ketones is 1. The molecule has 0 radical (unpaired) electrons. The van der Waals surface area contributed by atoms with E-state index in [4.69, 9.17) is 0 Å². The first-order valence-electron chi connectivity index (χ1n) is 9.73. The monoisotopic (exact) mass is 345 g/mol. The maximum Gasteiger partial charge on any atom is 0.137 e. The number of para-hydroxylation sites is 1. The van der Waals surface area contributed by atoms with Gasteiger partial charge in [-0.1, -0.05) is 81.1 Å². The van der Waals surface area contributed by atoms with E-state index >= 15 is 0 Å². The van der Waals surface area contributed by atoms with Crippen LogP contribution < -0.4 is 0 Å². The fourth-order valence-electron chi connectivity index (χ4n) is 3.49. The lowest BCUT2D eigenvalue weighted by Crippen LogP contribution is -2.05. The highest BCUT2D eigenvalue weighted by Crippen LogP contribution is 2.31. The fraction of sp³-hybridized carbons (Fsp3) is 0.333. The van der Waals surface area contributed by atoms with Crippen LogP contribution in [0.1, 0.15) is 51.0 Å². The van der Waals surface area contributed by atoms with Crippen LogP contribution in [-0.2, 0) is 11.2 Å². The van der Waals surface area contributed by atoms with Gasteiger partial charge in [0.05, 0.1) is 5.52 Å². The zero-order valence-electron chi connectivity index (χ0n) is 15.6. The van der Waals surface area contributed by atoms with E-state index in [0.29, 0.717) is 18.6 Å². The molecule has 1 heterocycles. The highest BCUT2D eigenvalue weighted by molar-refractivity contribution is 5.97. The van der Waals surface area contributed by atoms with Crippen LogP contribution >= 0.6 is 0 Å². The molecule has 3 aromatic rings. The third-order valence-corrected chi connectivity index (χ3v) is 4.86. The quantitative estimate of drug-likeness (QED) is 0.421. The Kier molecular flexibility index (Phi) is 6.54. The summed E-state index contributed by atoms with van der Waals surface area (Å²) in [5, 5.41) is 1.12. The minimum atomic E-state index is 0.316. The van der Waals surface area contributed by atoms with E-state index in [1.165, 1.54) is 19.3 Å². The summed E-state index contributed by atoms with van der Waals surface area (Å²) in [5.41, 5.74) is 4.31. The van der Waals surface area contributed by atoms with Crippen molar-refractivity contribution in [3.8, 4) is 11.1 Å². The molecule has 2 heteroatoms. The van der Waals surface area contributed by atoms with Gasteiger partial charge in [-0.3, -0.25) is 9.78 Å². The van der Waals surface area contributed by atoms with Gasteiger partial charge < -0.3 is 0 Å². The van der Waals surface area contributed by atoms with E-state index < -0.39 is 0 Å². The Balaban J connectivity index is 1.83. The number of carbonyl (C=O) groups is 1. The second-order valence-electron chi connectivity index (χ2n) is 6.92. The van der Waals surface area contributed by atoms with Crippen molar-refractivity contribution < 1.29 is 4.79 Å². The van der Waals surface area contributed by atoms with Gasteiger partial charge in [0.15, 0.2) is 0 Å². The van der Waals surface area contributed by atoms with Gasteiger partial charge in [-0.05, 0) is 29.2 Å². The maximum absolute atomic E-state index is 12.5. The standard InChI is InChI=1S/C24H27NO/c1-2-3-4-5-9-14-21(26)17-20-18-25-23-16-11-10-15-22(23)24(20)19-12-7-6-8-13-19/h6-8,10-13,15-16,18H,2-5,9,14,17H2,1H3. The van der Waals surface area contributed by atoms with E-state index in [-0.39, 0.29) is 0 Å². The van der Waals surface area contributed by atoms with Crippen LogP contribution in [0, 0.1) is 0 Å². The highest BCUT2D eigenvalue weighted by Gasteiger charge is 2.13. The molecule has 1 aromatic heterocycles. The van der Waals surface area contributed by atoms with Crippen molar-refractivity contribution >= 4 is 16.7 Å². The van der Waals surface area contributed by atoms with Gasteiger partial charge in [0.25, 0.3) is 0 Å². The van der Waals surface area contributed by atoms with Crippen LogP contribution in [0.25, 0.3) is 22.0 Å². The maximum atomic E-state index is 12.5. The van der Waals surface area contributed by atoms with Gasteiger partial charge >= 0.3 is 0 Å². The van der Waals surface area contributed by atoms with Crippen molar-refractivity contribution in [3.63, 3.8) is 0 Å². The predicted molar refractivity (Wildman–Crippen MR) is 109 cm³/mol. The summed E-state index contributed by atoms with van der Waals surface area (Å²) in [4.78, 5) is 17.1. The van der Waals surface area contributed by atoms with Crippen LogP contribution in [0.15, 0.2) is 60.8 Å². The van der Waals surface area contributed by atoms with Crippen LogP contribution in [0.2, 0.25) is 0 Å². The highest BCUT2D eigenvalue weighted by atomic mass is 16.1. The zero-order valence-corrected chi connectivity index (χ0v) is 15.6. The Bertz CT molecular complexity index is 854. The van der Waals surface area contributed by atoms with Crippen LogP contribution in [0.5, 0.6) is 0 Å². The summed E-state index contributed by atoms with van der Waals surface area (Å²) in [6.07, 6.45) is 8.91. The molecule has 0 aliphatic rings. The third kappa shape index (κ3) is 4.57. The predicted octanol–water partition coefficient (Wildman–Crippen LogP) is 6.37. The van der Waals surface area contributed by atoms with E-state index in [1.807, 2.05) is 42.6 Å². The second kappa shape index (κ2) is 9.28. The molecule has 0 spiro atoms. The molecule has 0 amide bonds. The van der Waals surface area contributed by atoms with Crippen molar-refractivity contribution in [2.75, 3.05) is 0 Å². The van der Waals surface area contributed by atoms with Gasteiger partial charge in [0.2, 0.25) is 0 Å². The van der Waals surface area contributed by atoms with Gasteiger partial charge in [-0.2, -0.15) is 0 Å². The third-order valence-electron chi connectivity index (χ3n) is 4.86. The van der Waals surface area contributed by atoms with Crippen molar-refractivity contribution in [1.29, 1.82) is 0 Å². The lowest BCUT2D eigenvalue weighted by atomic mass is 9.93. The van der Waals surface area contributed by atoms with Crippen LogP contribution in [0.3, 0.4) is 0 Å². The molecule has 134 valence electrons. The zero-order chi connectivity index (χ0) is 18.2. The summed E-state index contributed by atoms with van der Waals surface area (Å²) in [6.45, 7) is 2.21. The van der Waals surface area contributed by atoms with Gasteiger partial charge in [0, 0.05) is 24.4 Å². The number of nitrogens with zero attached hydrogens (tertiary/aromatic N) is 1. The van der Waals surface area contributed by atoms with Gasteiger partial charge in [-0.15, -0.1) is 0 Å². The van der Waals surface area contributed by atoms with Gasteiger partial charge in [-0.25, -0.2) is 0 Å². The second-order valence-corrected chi connectivity index (χ2v) is 6.92. The number of aromatic nitrogens is 1. The number of hydrogen-bond donors (Lipinski definition) is 0. The van der Waals surface area contributed by atoms with Crippen LogP contribution in [-0.4, -0.2) is 10.8 Å². The summed E-state index contributed by atoms with van der Waals surface area (Å²) < 4.78 is 0. The summed E-state index contributed by atoms with van der Waals surface area (Å²) >= 11 is 0. The number of Topliss-reactive ketones (excluding diaryl/α,β-unsaturated/α-hetero) is 1. The first kappa shape index (κ1) is 18.3. The number of benzene rings is 2. The number of hydrogen-bond acceptors (Lipinski definition) is 2. The molecule has 26 heavy (non-hydrogen) atoms. The molecule has 0 N–H and O–H groups in total. The van der Waals surface area contributed by atoms with Crippen LogP contribution in [0.4, 0.5) is 0 Å². The number of carbonyl (C=O) groups excluding carboxylic acids is 1. The Morgan fingerprint density at radius 3 is 2.42 bits per heavy atom. The lowest BCUT2D eigenvalue weighted by molar-refractivity contribution is -0.118. The first-order chi connectivity index (χ1) is 12.8. The molecule has 0 aliphatic heterocycles. The molecule has 0 saturated carbocycles. The smallest absolute Gasteiger partial charge is 0.137 e. The molecular formula is C24H27NO. The largest absolute Gasteiger partial charge is 0.299 e. The Hall–Kier alpha value is -2.48.